The molecule has 7 nitrogen and oxygen atoms in total. The number of unbranched alkanes of at least 4 members (excludes halogenated alkanes) is 1. The highest BCUT2D eigenvalue weighted by Crippen LogP contribution is 2.32. The zero-order valence-corrected chi connectivity index (χ0v) is 16.0. The lowest BCUT2D eigenvalue weighted by molar-refractivity contribution is 0.0952. The number of carbonyl (C=O) groups is 1. The summed E-state index contributed by atoms with van der Waals surface area (Å²) >= 11 is 0. The Morgan fingerprint density at radius 1 is 1.38 bits per heavy atom. The van der Waals surface area contributed by atoms with Gasteiger partial charge in [0.15, 0.2) is 5.82 Å². The molecule has 1 saturated heterocycles. The summed E-state index contributed by atoms with van der Waals surface area (Å²) in [5.74, 6) is 1.43. The van der Waals surface area contributed by atoms with Crippen LogP contribution in [0.4, 0.5) is 0 Å². The van der Waals surface area contributed by atoms with Crippen molar-refractivity contribution in [2.24, 2.45) is 7.05 Å². The number of likely N-dealkylation sites (tertiary alicyclic amines) is 1. The normalized spacial score (nSPS) is 18.2. The Morgan fingerprint density at radius 3 is 3.00 bits per heavy atom. The van der Waals surface area contributed by atoms with Crippen LogP contribution < -0.4 is 5.32 Å². The van der Waals surface area contributed by atoms with Crippen molar-refractivity contribution in [3.63, 3.8) is 0 Å². The number of aromatic nitrogens is 3. The van der Waals surface area contributed by atoms with Crippen molar-refractivity contribution in [2.75, 3.05) is 13.6 Å². The number of nitrogens with zero attached hydrogens (tertiary/aromatic N) is 4. The van der Waals surface area contributed by atoms with Gasteiger partial charge in [0, 0.05) is 26.2 Å². The van der Waals surface area contributed by atoms with Crippen LogP contribution in [0.25, 0.3) is 0 Å². The average molecular weight is 359 g/mol. The van der Waals surface area contributed by atoms with Crippen molar-refractivity contribution in [3.05, 3.63) is 35.2 Å². The quantitative estimate of drug-likeness (QED) is 0.823. The predicted molar refractivity (Wildman–Crippen MR) is 98.7 cm³/mol. The Labute approximate surface area is 154 Å². The summed E-state index contributed by atoms with van der Waals surface area (Å²) in [6, 6.07) is 4.24. The molecule has 0 spiro atoms. The lowest BCUT2D eigenvalue weighted by atomic mass is 9.99. The van der Waals surface area contributed by atoms with Gasteiger partial charge in [-0.1, -0.05) is 24.9 Å². The fourth-order valence-corrected chi connectivity index (χ4v) is 3.70. The molecule has 0 aliphatic carbocycles. The van der Waals surface area contributed by atoms with E-state index in [9.17, 15) is 4.79 Å². The van der Waals surface area contributed by atoms with Gasteiger partial charge >= 0.3 is 0 Å². The number of amides is 1. The van der Waals surface area contributed by atoms with Gasteiger partial charge in [-0.05, 0) is 37.9 Å². The van der Waals surface area contributed by atoms with Crippen molar-refractivity contribution < 1.29 is 9.32 Å². The van der Waals surface area contributed by atoms with Gasteiger partial charge in [-0.2, -0.15) is 4.98 Å². The number of hydrogen-bond donors (Lipinski definition) is 1. The summed E-state index contributed by atoms with van der Waals surface area (Å²) in [4.78, 5) is 19.0. The summed E-state index contributed by atoms with van der Waals surface area (Å²) in [7, 11) is 3.62. The molecular weight excluding hydrogens is 330 g/mol. The molecule has 1 aliphatic rings. The topological polar surface area (TPSA) is 76.2 Å². The Morgan fingerprint density at radius 2 is 2.23 bits per heavy atom. The van der Waals surface area contributed by atoms with Gasteiger partial charge in [0.1, 0.15) is 5.69 Å². The molecule has 2 aromatic rings. The smallest absolute Gasteiger partial charge is 0.267 e. The van der Waals surface area contributed by atoms with E-state index in [0.717, 1.165) is 49.6 Å². The van der Waals surface area contributed by atoms with Gasteiger partial charge in [-0.25, -0.2) is 0 Å². The fraction of sp³-hybridized carbons (Fsp3) is 0.632. The third-order valence-corrected chi connectivity index (χ3v) is 5.17. The number of nitrogens with one attached hydrogen (secondary N) is 1. The summed E-state index contributed by atoms with van der Waals surface area (Å²) in [6.07, 6.45) is 6.47. The standard InChI is InChI=1S/C19H29N5O2/c1-4-5-9-18-21-17(22-26-18)13-24-12-7-6-8-15(24)14-10-11-16(23(14)3)19(25)20-2/h10-11,15H,4-9,12-13H2,1-3H3,(H,20,25). The Kier molecular flexibility index (Phi) is 6.08. The first-order valence-corrected chi connectivity index (χ1v) is 9.57. The van der Waals surface area contributed by atoms with Crippen LogP contribution in [-0.2, 0) is 20.0 Å². The van der Waals surface area contributed by atoms with Crippen LogP contribution in [-0.4, -0.2) is 39.1 Å². The molecule has 1 unspecified atom stereocenters. The lowest BCUT2D eigenvalue weighted by Crippen LogP contribution is -2.34. The molecule has 1 aliphatic heterocycles. The van der Waals surface area contributed by atoms with Gasteiger partial charge in [0.2, 0.25) is 5.89 Å². The fourth-order valence-electron chi connectivity index (χ4n) is 3.70. The first-order valence-electron chi connectivity index (χ1n) is 9.57. The first-order chi connectivity index (χ1) is 12.6. The minimum Gasteiger partial charge on any atom is -0.354 e. The number of piperidine rings is 1. The molecule has 1 N–H and O–H groups in total. The van der Waals surface area contributed by atoms with E-state index in [4.69, 9.17) is 4.52 Å². The van der Waals surface area contributed by atoms with Crippen molar-refractivity contribution in [1.82, 2.24) is 24.9 Å². The van der Waals surface area contributed by atoms with Crippen LogP contribution in [0.5, 0.6) is 0 Å². The molecule has 26 heavy (non-hydrogen) atoms. The summed E-state index contributed by atoms with van der Waals surface area (Å²) in [5.41, 5.74) is 1.85. The second kappa shape index (κ2) is 8.49. The van der Waals surface area contributed by atoms with Crippen molar-refractivity contribution in [1.29, 1.82) is 0 Å². The van der Waals surface area contributed by atoms with E-state index in [1.165, 1.54) is 12.8 Å². The SMILES string of the molecule is CCCCc1nc(CN2CCCCC2c2ccc(C(=O)NC)n2C)no1. The third-order valence-electron chi connectivity index (χ3n) is 5.17. The summed E-state index contributed by atoms with van der Waals surface area (Å²) in [5, 5.41) is 6.86. The van der Waals surface area contributed by atoms with Gasteiger partial charge in [0.25, 0.3) is 5.91 Å². The Balaban J connectivity index is 1.75. The highest BCUT2D eigenvalue weighted by atomic mass is 16.5. The molecule has 3 rings (SSSR count). The maximum atomic E-state index is 12.0. The zero-order valence-electron chi connectivity index (χ0n) is 16.0. The number of carbonyl (C=O) groups excluding carboxylic acids is 1. The van der Waals surface area contributed by atoms with Crippen LogP contribution in [0, 0.1) is 0 Å². The largest absolute Gasteiger partial charge is 0.354 e. The predicted octanol–water partition coefficient (Wildman–Crippen LogP) is 2.84. The second-order valence-electron chi connectivity index (χ2n) is 6.97. The number of rotatable bonds is 7. The molecule has 7 heteroatoms. The van der Waals surface area contributed by atoms with E-state index in [-0.39, 0.29) is 11.9 Å². The van der Waals surface area contributed by atoms with Crippen LogP contribution >= 0.6 is 0 Å². The van der Waals surface area contributed by atoms with E-state index in [1.807, 2.05) is 17.7 Å². The minimum absolute atomic E-state index is 0.0557. The van der Waals surface area contributed by atoms with E-state index >= 15 is 0 Å². The molecule has 0 radical (unpaired) electrons. The Bertz CT molecular complexity index is 736. The minimum atomic E-state index is -0.0557. The maximum absolute atomic E-state index is 12.0. The van der Waals surface area contributed by atoms with Gasteiger partial charge in [0.05, 0.1) is 12.6 Å². The molecule has 0 saturated carbocycles. The third kappa shape index (κ3) is 3.98. The van der Waals surface area contributed by atoms with Crippen LogP contribution in [0.3, 0.4) is 0 Å². The second-order valence-corrected chi connectivity index (χ2v) is 6.97. The van der Waals surface area contributed by atoms with Crippen molar-refractivity contribution in [2.45, 2.75) is 58.0 Å². The maximum Gasteiger partial charge on any atom is 0.267 e. The van der Waals surface area contributed by atoms with Gasteiger partial charge in [-0.15, -0.1) is 0 Å². The average Bonchev–Trinajstić information content (AvgIpc) is 3.26. The Hall–Kier alpha value is -2.15. The molecule has 1 amide bonds. The molecule has 3 heterocycles. The number of hydrogen-bond acceptors (Lipinski definition) is 5. The molecule has 1 fully saturated rings. The number of aryl methyl sites for hydroxylation is 1. The molecular formula is C19H29N5O2. The van der Waals surface area contributed by atoms with E-state index in [1.54, 1.807) is 7.05 Å². The van der Waals surface area contributed by atoms with Gasteiger partial charge < -0.3 is 14.4 Å². The van der Waals surface area contributed by atoms with Crippen molar-refractivity contribution >= 4 is 5.91 Å². The van der Waals surface area contributed by atoms with Crippen molar-refractivity contribution in [3.8, 4) is 0 Å². The van der Waals surface area contributed by atoms with Crippen LogP contribution in [0.2, 0.25) is 0 Å². The van der Waals surface area contributed by atoms with E-state index in [0.29, 0.717) is 12.2 Å². The lowest BCUT2D eigenvalue weighted by Gasteiger charge is -2.35. The van der Waals surface area contributed by atoms with Gasteiger partial charge in [-0.3, -0.25) is 9.69 Å². The summed E-state index contributed by atoms with van der Waals surface area (Å²) < 4.78 is 7.38. The molecule has 1 atom stereocenters. The van der Waals surface area contributed by atoms with Crippen LogP contribution in [0.1, 0.15) is 73.0 Å². The first kappa shape index (κ1) is 18.6. The molecule has 2 aromatic heterocycles. The highest BCUT2D eigenvalue weighted by Gasteiger charge is 2.28. The monoisotopic (exact) mass is 359 g/mol. The molecule has 0 aromatic carbocycles. The molecule has 142 valence electrons. The van der Waals surface area contributed by atoms with Crippen LogP contribution in [0.15, 0.2) is 16.7 Å². The van der Waals surface area contributed by atoms with E-state index < -0.39 is 0 Å². The summed E-state index contributed by atoms with van der Waals surface area (Å²) in [6.45, 7) is 3.84. The molecule has 0 bridgehead atoms. The highest BCUT2D eigenvalue weighted by molar-refractivity contribution is 5.92. The van der Waals surface area contributed by atoms with E-state index in [2.05, 4.69) is 33.3 Å². The zero-order chi connectivity index (χ0) is 18.5.